The molecular formula is C30H37N3O5. The van der Waals surface area contributed by atoms with Crippen molar-refractivity contribution in [3.63, 3.8) is 0 Å². The summed E-state index contributed by atoms with van der Waals surface area (Å²) < 4.78 is 11.9. The number of nitrogens with zero attached hydrogens (tertiary/aromatic N) is 2. The van der Waals surface area contributed by atoms with Crippen LogP contribution in [-0.4, -0.2) is 72.1 Å². The van der Waals surface area contributed by atoms with E-state index in [2.05, 4.69) is 11.4 Å². The first-order valence-electron chi connectivity index (χ1n) is 13.3. The summed E-state index contributed by atoms with van der Waals surface area (Å²) in [5.74, 6) is 0.642. The van der Waals surface area contributed by atoms with Crippen molar-refractivity contribution in [1.29, 1.82) is 0 Å². The summed E-state index contributed by atoms with van der Waals surface area (Å²) in [4.78, 5) is 40.1. The number of hydrogen-bond donors (Lipinski definition) is 1. The van der Waals surface area contributed by atoms with Crippen LogP contribution in [0.25, 0.3) is 5.57 Å². The summed E-state index contributed by atoms with van der Waals surface area (Å²) in [6.45, 7) is 9.63. The van der Waals surface area contributed by atoms with Crippen LogP contribution in [0.1, 0.15) is 62.0 Å². The number of nitrogens with one attached hydrogen (secondary N) is 1. The standard InChI is InChI=1S/C30H37N3O5/c1-5-32(19-16-31-22(4)34)28(35)24-12-10-23(11-13-24)26-20-30(38-27-9-7-6-8-25(26)27)14-17-33(18-15-30)29(36)37-21(2)3/h6-13,20-21H,5,14-19H2,1-4H3,(H,31,34). The minimum absolute atomic E-state index is 0.0668. The Morgan fingerprint density at radius 2 is 1.76 bits per heavy atom. The Labute approximate surface area is 224 Å². The lowest BCUT2D eigenvalue weighted by atomic mass is 9.83. The number of para-hydroxylation sites is 1. The summed E-state index contributed by atoms with van der Waals surface area (Å²) in [5, 5.41) is 2.74. The van der Waals surface area contributed by atoms with Gasteiger partial charge in [0.15, 0.2) is 0 Å². The van der Waals surface area contributed by atoms with Gasteiger partial charge in [0.25, 0.3) is 5.91 Å². The second kappa shape index (κ2) is 11.7. The van der Waals surface area contributed by atoms with Crippen LogP contribution >= 0.6 is 0 Å². The Morgan fingerprint density at radius 3 is 2.39 bits per heavy atom. The summed E-state index contributed by atoms with van der Waals surface area (Å²) >= 11 is 0. The fraction of sp³-hybridized carbons (Fsp3) is 0.433. The predicted molar refractivity (Wildman–Crippen MR) is 146 cm³/mol. The monoisotopic (exact) mass is 519 g/mol. The van der Waals surface area contributed by atoms with Gasteiger partial charge in [-0.15, -0.1) is 0 Å². The van der Waals surface area contributed by atoms with Crippen LogP contribution in [0, 0.1) is 0 Å². The first-order valence-corrected chi connectivity index (χ1v) is 13.3. The molecule has 2 aromatic carbocycles. The van der Waals surface area contributed by atoms with Crippen molar-refractivity contribution in [2.45, 2.75) is 52.2 Å². The Balaban J connectivity index is 1.54. The molecule has 8 nitrogen and oxygen atoms in total. The number of carbonyl (C=O) groups is 3. The molecule has 0 bridgehead atoms. The first kappa shape index (κ1) is 27.2. The number of likely N-dealkylation sites (N-methyl/N-ethyl adjacent to an activating group) is 1. The number of rotatable bonds is 7. The van der Waals surface area contributed by atoms with Gasteiger partial charge in [0, 0.05) is 63.6 Å². The molecule has 1 N–H and O–H groups in total. The zero-order chi connectivity index (χ0) is 27.3. The van der Waals surface area contributed by atoms with E-state index >= 15 is 0 Å². The van der Waals surface area contributed by atoms with Crippen molar-refractivity contribution >= 4 is 23.5 Å². The fourth-order valence-corrected chi connectivity index (χ4v) is 4.94. The largest absolute Gasteiger partial charge is 0.482 e. The highest BCUT2D eigenvalue weighted by Crippen LogP contribution is 2.43. The molecule has 0 saturated carbocycles. The SMILES string of the molecule is CCN(CCNC(C)=O)C(=O)c1ccc(C2=CC3(CCN(C(=O)OC(C)C)CC3)Oc3ccccc32)cc1. The van der Waals surface area contributed by atoms with E-state index in [1.165, 1.54) is 6.92 Å². The summed E-state index contributed by atoms with van der Waals surface area (Å²) in [6.07, 6.45) is 3.07. The molecule has 38 heavy (non-hydrogen) atoms. The number of ether oxygens (including phenoxy) is 2. The highest BCUT2D eigenvalue weighted by Gasteiger charge is 2.40. The van der Waals surface area contributed by atoms with Crippen molar-refractivity contribution in [2.75, 3.05) is 32.7 Å². The molecule has 4 rings (SSSR count). The lowest BCUT2D eigenvalue weighted by molar-refractivity contribution is -0.119. The summed E-state index contributed by atoms with van der Waals surface area (Å²) in [5.41, 5.74) is 3.15. The molecule has 3 amide bonds. The van der Waals surface area contributed by atoms with Gasteiger partial charge >= 0.3 is 6.09 Å². The average Bonchev–Trinajstić information content (AvgIpc) is 2.90. The zero-order valence-corrected chi connectivity index (χ0v) is 22.7. The molecular weight excluding hydrogens is 482 g/mol. The van der Waals surface area contributed by atoms with Gasteiger partial charge in [-0.3, -0.25) is 9.59 Å². The highest BCUT2D eigenvalue weighted by atomic mass is 16.6. The highest BCUT2D eigenvalue weighted by molar-refractivity contribution is 5.95. The van der Waals surface area contributed by atoms with E-state index in [-0.39, 0.29) is 24.0 Å². The number of benzene rings is 2. The van der Waals surface area contributed by atoms with Gasteiger partial charge in [0.05, 0.1) is 6.10 Å². The maximum Gasteiger partial charge on any atom is 0.410 e. The van der Waals surface area contributed by atoms with Gasteiger partial charge in [0.1, 0.15) is 11.4 Å². The van der Waals surface area contributed by atoms with Crippen LogP contribution in [0.2, 0.25) is 0 Å². The van der Waals surface area contributed by atoms with Gasteiger partial charge in [-0.25, -0.2) is 4.79 Å². The third-order valence-electron chi connectivity index (χ3n) is 6.97. The topological polar surface area (TPSA) is 88.2 Å². The predicted octanol–water partition coefficient (Wildman–Crippen LogP) is 4.49. The maximum absolute atomic E-state index is 13.1. The maximum atomic E-state index is 13.1. The van der Waals surface area contributed by atoms with Crippen molar-refractivity contribution in [3.8, 4) is 5.75 Å². The fourth-order valence-electron chi connectivity index (χ4n) is 4.94. The Kier molecular flexibility index (Phi) is 8.39. The Morgan fingerprint density at radius 1 is 1.08 bits per heavy atom. The molecule has 2 heterocycles. The van der Waals surface area contributed by atoms with E-state index < -0.39 is 5.60 Å². The molecule has 0 atom stereocenters. The zero-order valence-electron chi connectivity index (χ0n) is 22.7. The number of fused-ring (bicyclic) bond motifs is 1. The molecule has 8 heteroatoms. The van der Waals surface area contributed by atoms with Crippen LogP contribution in [0.4, 0.5) is 4.79 Å². The minimum Gasteiger partial charge on any atom is -0.482 e. The molecule has 1 saturated heterocycles. The van der Waals surface area contributed by atoms with E-state index in [0.717, 1.165) is 22.4 Å². The van der Waals surface area contributed by atoms with Crippen molar-refractivity contribution in [1.82, 2.24) is 15.1 Å². The third kappa shape index (κ3) is 6.18. The third-order valence-corrected chi connectivity index (χ3v) is 6.97. The molecule has 1 fully saturated rings. The smallest absolute Gasteiger partial charge is 0.410 e. The van der Waals surface area contributed by atoms with Crippen LogP contribution in [0.15, 0.2) is 54.6 Å². The number of amides is 3. The second-order valence-electron chi connectivity index (χ2n) is 10.1. The van der Waals surface area contributed by atoms with E-state index in [9.17, 15) is 14.4 Å². The van der Waals surface area contributed by atoms with Crippen LogP contribution in [0.5, 0.6) is 5.75 Å². The van der Waals surface area contributed by atoms with E-state index in [0.29, 0.717) is 51.1 Å². The van der Waals surface area contributed by atoms with E-state index in [4.69, 9.17) is 9.47 Å². The molecule has 2 aromatic rings. The normalized spacial score (nSPS) is 15.8. The lowest BCUT2D eigenvalue weighted by Crippen LogP contribution is -2.50. The molecule has 2 aliphatic rings. The quantitative estimate of drug-likeness (QED) is 0.583. The second-order valence-corrected chi connectivity index (χ2v) is 10.1. The Hall–Kier alpha value is -3.81. The molecule has 1 spiro atoms. The molecule has 0 aromatic heterocycles. The summed E-state index contributed by atoms with van der Waals surface area (Å²) in [7, 11) is 0. The van der Waals surface area contributed by atoms with Gasteiger partial charge in [-0.2, -0.15) is 0 Å². The lowest BCUT2D eigenvalue weighted by Gasteiger charge is -2.42. The molecule has 0 unspecified atom stereocenters. The molecule has 0 aliphatic carbocycles. The molecule has 0 radical (unpaired) electrons. The van der Waals surface area contributed by atoms with E-state index in [1.54, 1.807) is 9.80 Å². The van der Waals surface area contributed by atoms with Crippen molar-refractivity contribution < 1.29 is 23.9 Å². The van der Waals surface area contributed by atoms with Gasteiger partial charge in [0.2, 0.25) is 5.91 Å². The molecule has 2 aliphatic heterocycles. The first-order chi connectivity index (χ1) is 18.2. The minimum atomic E-state index is -0.518. The van der Waals surface area contributed by atoms with Crippen LogP contribution in [-0.2, 0) is 9.53 Å². The average molecular weight is 520 g/mol. The van der Waals surface area contributed by atoms with Crippen molar-refractivity contribution in [3.05, 3.63) is 71.3 Å². The molecule has 202 valence electrons. The van der Waals surface area contributed by atoms with Crippen LogP contribution in [0.3, 0.4) is 0 Å². The van der Waals surface area contributed by atoms with Crippen LogP contribution < -0.4 is 10.1 Å². The van der Waals surface area contributed by atoms with E-state index in [1.807, 2.05) is 69.3 Å². The number of piperidine rings is 1. The van der Waals surface area contributed by atoms with Crippen molar-refractivity contribution in [2.24, 2.45) is 0 Å². The number of carbonyl (C=O) groups excluding carboxylic acids is 3. The van der Waals surface area contributed by atoms with Gasteiger partial charge in [-0.1, -0.05) is 30.3 Å². The number of hydrogen-bond acceptors (Lipinski definition) is 5. The van der Waals surface area contributed by atoms with Gasteiger partial charge in [-0.05, 0) is 56.2 Å². The Bertz CT molecular complexity index is 1200. The summed E-state index contributed by atoms with van der Waals surface area (Å²) in [6, 6.07) is 15.6. The number of likely N-dealkylation sites (tertiary alicyclic amines) is 1. The van der Waals surface area contributed by atoms with Gasteiger partial charge < -0.3 is 24.6 Å².